The SMILES string of the molecule is Cc1cc(C)c(C(=N)NO)c(Nc2ccc(C(F)(F)F)cc2)n1. The van der Waals surface area contributed by atoms with Gasteiger partial charge in [-0.3, -0.25) is 16.1 Å². The summed E-state index contributed by atoms with van der Waals surface area (Å²) in [5.74, 6) is 0.0122. The average molecular weight is 324 g/mol. The Morgan fingerprint density at radius 1 is 1.17 bits per heavy atom. The van der Waals surface area contributed by atoms with E-state index in [-0.39, 0.29) is 11.7 Å². The molecule has 0 aliphatic carbocycles. The molecule has 1 aromatic carbocycles. The van der Waals surface area contributed by atoms with E-state index in [2.05, 4.69) is 10.3 Å². The largest absolute Gasteiger partial charge is 0.416 e. The molecular weight excluding hydrogens is 309 g/mol. The van der Waals surface area contributed by atoms with Gasteiger partial charge in [-0.05, 0) is 49.7 Å². The van der Waals surface area contributed by atoms with Gasteiger partial charge in [-0.15, -0.1) is 0 Å². The third kappa shape index (κ3) is 3.78. The van der Waals surface area contributed by atoms with Gasteiger partial charge in [0, 0.05) is 11.4 Å². The Labute approximate surface area is 130 Å². The topological polar surface area (TPSA) is 81.0 Å². The zero-order valence-corrected chi connectivity index (χ0v) is 12.4. The van der Waals surface area contributed by atoms with Gasteiger partial charge < -0.3 is 5.32 Å². The van der Waals surface area contributed by atoms with Crippen molar-refractivity contribution in [3.05, 3.63) is 52.7 Å². The van der Waals surface area contributed by atoms with E-state index in [1.807, 2.05) is 0 Å². The summed E-state index contributed by atoms with van der Waals surface area (Å²) in [5, 5.41) is 19.5. The van der Waals surface area contributed by atoms with Crippen LogP contribution in [0.15, 0.2) is 30.3 Å². The van der Waals surface area contributed by atoms with Crippen molar-refractivity contribution in [1.29, 1.82) is 5.41 Å². The lowest BCUT2D eigenvalue weighted by Crippen LogP contribution is -2.22. The molecule has 2 aromatic rings. The number of aromatic nitrogens is 1. The van der Waals surface area contributed by atoms with Gasteiger partial charge in [0.2, 0.25) is 0 Å². The molecule has 1 aromatic heterocycles. The fourth-order valence-corrected chi connectivity index (χ4v) is 2.18. The highest BCUT2D eigenvalue weighted by atomic mass is 19.4. The highest BCUT2D eigenvalue weighted by Crippen LogP contribution is 2.30. The van der Waals surface area contributed by atoms with E-state index in [9.17, 15) is 13.2 Å². The molecule has 122 valence electrons. The molecule has 4 N–H and O–H groups in total. The number of hydroxylamine groups is 1. The Morgan fingerprint density at radius 2 is 1.78 bits per heavy atom. The Morgan fingerprint density at radius 3 is 2.30 bits per heavy atom. The van der Waals surface area contributed by atoms with Crippen LogP contribution in [0.2, 0.25) is 0 Å². The maximum Gasteiger partial charge on any atom is 0.416 e. The number of benzene rings is 1. The Bertz CT molecular complexity index is 727. The van der Waals surface area contributed by atoms with E-state index in [4.69, 9.17) is 10.6 Å². The number of hydrogen-bond donors (Lipinski definition) is 4. The second-order valence-corrected chi connectivity index (χ2v) is 4.99. The van der Waals surface area contributed by atoms with Gasteiger partial charge in [-0.1, -0.05) is 0 Å². The smallest absolute Gasteiger partial charge is 0.340 e. The van der Waals surface area contributed by atoms with Crippen LogP contribution >= 0.6 is 0 Å². The third-order valence-corrected chi connectivity index (χ3v) is 3.18. The number of pyridine rings is 1. The standard InChI is InChI=1S/C15H15F3N4O/c1-8-7-9(2)20-14(12(8)13(19)22-23)21-11-5-3-10(4-6-11)15(16,17)18/h3-7,23H,1-2H3,(H2,19,22)(H,20,21). The maximum absolute atomic E-state index is 12.6. The van der Waals surface area contributed by atoms with E-state index < -0.39 is 11.7 Å². The lowest BCUT2D eigenvalue weighted by atomic mass is 10.1. The first kappa shape index (κ1) is 16.8. The van der Waals surface area contributed by atoms with Crippen molar-refractivity contribution < 1.29 is 18.4 Å². The van der Waals surface area contributed by atoms with Crippen LogP contribution in [0.5, 0.6) is 0 Å². The molecule has 0 radical (unpaired) electrons. The molecule has 0 aliphatic rings. The summed E-state index contributed by atoms with van der Waals surface area (Å²) >= 11 is 0. The summed E-state index contributed by atoms with van der Waals surface area (Å²) in [5.41, 5.74) is 3.09. The summed E-state index contributed by atoms with van der Waals surface area (Å²) in [7, 11) is 0. The van der Waals surface area contributed by atoms with Gasteiger partial charge in [-0.25, -0.2) is 4.98 Å². The fourth-order valence-electron chi connectivity index (χ4n) is 2.18. The Kier molecular flexibility index (Phi) is 4.55. The number of hydrogen-bond acceptors (Lipinski definition) is 4. The zero-order chi connectivity index (χ0) is 17.2. The molecule has 0 fully saturated rings. The van der Waals surface area contributed by atoms with Crippen LogP contribution < -0.4 is 10.8 Å². The van der Waals surface area contributed by atoms with Crippen molar-refractivity contribution in [1.82, 2.24) is 10.5 Å². The average Bonchev–Trinajstić information content (AvgIpc) is 2.45. The fraction of sp³-hybridized carbons (Fsp3) is 0.200. The van der Waals surface area contributed by atoms with E-state index >= 15 is 0 Å². The van der Waals surface area contributed by atoms with Crippen LogP contribution in [0.3, 0.4) is 0 Å². The maximum atomic E-state index is 12.6. The van der Waals surface area contributed by atoms with Crippen molar-refractivity contribution in [2.75, 3.05) is 5.32 Å². The van der Waals surface area contributed by atoms with Crippen LogP contribution in [0, 0.1) is 19.3 Å². The minimum absolute atomic E-state index is 0.260. The van der Waals surface area contributed by atoms with Gasteiger partial charge in [0.1, 0.15) is 5.82 Å². The summed E-state index contributed by atoms with van der Waals surface area (Å²) in [6.07, 6.45) is -4.40. The lowest BCUT2D eigenvalue weighted by Gasteiger charge is -2.15. The quantitative estimate of drug-likeness (QED) is 0.394. The predicted octanol–water partition coefficient (Wildman–Crippen LogP) is 3.77. The van der Waals surface area contributed by atoms with Crippen LogP contribution in [-0.2, 0) is 6.18 Å². The van der Waals surface area contributed by atoms with E-state index in [1.54, 1.807) is 25.4 Å². The molecule has 0 atom stereocenters. The van der Waals surface area contributed by atoms with Gasteiger partial charge in [0.25, 0.3) is 0 Å². The predicted molar refractivity (Wildman–Crippen MR) is 80.2 cm³/mol. The van der Waals surface area contributed by atoms with Crippen molar-refractivity contribution in [3.8, 4) is 0 Å². The first-order valence-corrected chi connectivity index (χ1v) is 6.64. The minimum atomic E-state index is -4.40. The molecule has 0 aliphatic heterocycles. The molecule has 1 heterocycles. The summed E-state index contributed by atoms with van der Waals surface area (Å²) in [6.45, 7) is 3.50. The second-order valence-electron chi connectivity index (χ2n) is 4.99. The monoisotopic (exact) mass is 324 g/mol. The van der Waals surface area contributed by atoms with Crippen LogP contribution in [0.1, 0.15) is 22.4 Å². The molecule has 0 saturated heterocycles. The number of amidine groups is 1. The Balaban J connectivity index is 2.38. The van der Waals surface area contributed by atoms with E-state index in [0.717, 1.165) is 12.1 Å². The molecule has 0 unspecified atom stereocenters. The number of anilines is 2. The van der Waals surface area contributed by atoms with E-state index in [0.29, 0.717) is 22.5 Å². The summed E-state index contributed by atoms with van der Waals surface area (Å²) in [6, 6.07) is 6.21. The molecule has 0 amide bonds. The van der Waals surface area contributed by atoms with Crippen LogP contribution in [-0.4, -0.2) is 16.0 Å². The first-order chi connectivity index (χ1) is 10.7. The van der Waals surface area contributed by atoms with Gasteiger partial charge >= 0.3 is 6.18 Å². The van der Waals surface area contributed by atoms with Gasteiger partial charge in [0.15, 0.2) is 5.84 Å². The number of nitrogens with one attached hydrogen (secondary N) is 3. The van der Waals surface area contributed by atoms with Crippen LogP contribution in [0.4, 0.5) is 24.7 Å². The molecule has 2 rings (SSSR count). The number of rotatable bonds is 3. The van der Waals surface area contributed by atoms with E-state index in [1.165, 1.54) is 12.1 Å². The van der Waals surface area contributed by atoms with Gasteiger partial charge in [-0.2, -0.15) is 13.2 Å². The normalized spacial score (nSPS) is 11.2. The number of halogens is 3. The van der Waals surface area contributed by atoms with Crippen LogP contribution in [0.25, 0.3) is 0 Å². The number of nitrogens with zero attached hydrogens (tertiary/aromatic N) is 1. The van der Waals surface area contributed by atoms with Gasteiger partial charge in [0.05, 0.1) is 11.1 Å². The molecule has 5 nitrogen and oxygen atoms in total. The zero-order valence-electron chi connectivity index (χ0n) is 12.4. The summed E-state index contributed by atoms with van der Waals surface area (Å²) < 4.78 is 37.7. The van der Waals surface area contributed by atoms with Crippen molar-refractivity contribution >= 4 is 17.3 Å². The number of alkyl halides is 3. The first-order valence-electron chi connectivity index (χ1n) is 6.64. The van der Waals surface area contributed by atoms with Crippen molar-refractivity contribution in [3.63, 3.8) is 0 Å². The Hall–Kier alpha value is -2.61. The molecule has 8 heteroatoms. The lowest BCUT2D eigenvalue weighted by molar-refractivity contribution is -0.137. The molecule has 23 heavy (non-hydrogen) atoms. The van der Waals surface area contributed by atoms with Crippen molar-refractivity contribution in [2.45, 2.75) is 20.0 Å². The third-order valence-electron chi connectivity index (χ3n) is 3.18. The molecule has 0 spiro atoms. The highest BCUT2D eigenvalue weighted by molar-refractivity contribution is 6.01. The highest BCUT2D eigenvalue weighted by Gasteiger charge is 2.30. The molecule has 0 saturated carbocycles. The molecule has 0 bridgehead atoms. The number of aryl methyl sites for hydroxylation is 2. The summed E-state index contributed by atoms with van der Waals surface area (Å²) in [4.78, 5) is 4.24. The minimum Gasteiger partial charge on any atom is -0.340 e. The second kappa shape index (κ2) is 6.25. The van der Waals surface area contributed by atoms with Crippen molar-refractivity contribution in [2.24, 2.45) is 0 Å². The molecular formula is C15H15F3N4O.